The van der Waals surface area contributed by atoms with Crippen molar-refractivity contribution in [2.75, 3.05) is 10.7 Å². The molecule has 0 bridgehead atoms. The molecule has 26 heavy (non-hydrogen) atoms. The van der Waals surface area contributed by atoms with Crippen LogP contribution in [0, 0.1) is 20.2 Å². The van der Waals surface area contributed by atoms with Crippen molar-refractivity contribution in [1.29, 1.82) is 0 Å². The summed E-state index contributed by atoms with van der Waals surface area (Å²) >= 11 is 0. The van der Waals surface area contributed by atoms with E-state index in [9.17, 15) is 25.0 Å². The molecule has 2 rings (SSSR count). The molecule has 0 aliphatic rings. The Morgan fingerprint density at radius 1 is 1.04 bits per heavy atom. The minimum absolute atomic E-state index is 0.0259. The highest BCUT2D eigenvalue weighted by Crippen LogP contribution is 2.29. The molecule has 0 spiro atoms. The van der Waals surface area contributed by atoms with Crippen molar-refractivity contribution < 1.29 is 14.6 Å². The molecular weight excluding hydrogens is 342 g/mol. The average molecular weight is 357 g/mol. The third kappa shape index (κ3) is 4.60. The molecule has 10 heteroatoms. The molecule has 0 unspecified atom stereocenters. The van der Waals surface area contributed by atoms with Crippen molar-refractivity contribution >= 4 is 34.4 Å². The highest BCUT2D eigenvalue weighted by molar-refractivity contribution is 6.00. The number of nitro benzene ring substituents is 2. The van der Waals surface area contributed by atoms with Gasteiger partial charge in [0.1, 0.15) is 5.69 Å². The molecule has 0 aromatic heterocycles. The van der Waals surface area contributed by atoms with Gasteiger partial charge in [-0.05, 0) is 30.7 Å². The van der Waals surface area contributed by atoms with Crippen LogP contribution in [0.3, 0.4) is 0 Å². The lowest BCUT2D eigenvalue weighted by molar-refractivity contribution is -0.393. The number of rotatable bonds is 6. The van der Waals surface area contributed by atoms with Crippen molar-refractivity contribution in [3.05, 3.63) is 68.3 Å². The summed E-state index contributed by atoms with van der Waals surface area (Å²) in [5.41, 5.74) is 3.52. The largest absolute Gasteiger partial charge is 0.326 e. The molecule has 0 aliphatic heterocycles. The molecule has 0 saturated heterocycles. The van der Waals surface area contributed by atoms with E-state index in [1.54, 1.807) is 31.2 Å². The molecule has 1 amide bonds. The van der Waals surface area contributed by atoms with E-state index in [2.05, 4.69) is 15.8 Å². The second kappa shape index (κ2) is 7.83. The van der Waals surface area contributed by atoms with Gasteiger partial charge in [0.2, 0.25) is 5.91 Å². The standard InChI is InChI=1S/C16H15N5O5/c1-10(12-4-3-5-13(8-12)17-11(2)22)18-19-15-7-6-14(20(23)24)9-16(15)21(25)26/h3-9,19H,1-2H3,(H,17,22)/b18-10+. The summed E-state index contributed by atoms with van der Waals surface area (Å²) in [6.07, 6.45) is 0. The summed E-state index contributed by atoms with van der Waals surface area (Å²) in [5, 5.41) is 28.6. The number of nitrogens with one attached hydrogen (secondary N) is 2. The number of hydrazone groups is 1. The van der Waals surface area contributed by atoms with E-state index in [-0.39, 0.29) is 17.3 Å². The molecule has 10 nitrogen and oxygen atoms in total. The van der Waals surface area contributed by atoms with Crippen molar-refractivity contribution in [1.82, 2.24) is 0 Å². The van der Waals surface area contributed by atoms with Crippen LogP contribution < -0.4 is 10.7 Å². The molecule has 0 heterocycles. The van der Waals surface area contributed by atoms with E-state index in [0.29, 0.717) is 17.0 Å². The minimum atomic E-state index is -0.725. The van der Waals surface area contributed by atoms with Crippen LogP contribution in [-0.4, -0.2) is 21.5 Å². The second-order valence-corrected chi connectivity index (χ2v) is 5.29. The predicted molar refractivity (Wildman–Crippen MR) is 96.3 cm³/mol. The molecule has 0 atom stereocenters. The van der Waals surface area contributed by atoms with Gasteiger partial charge in [0.15, 0.2) is 0 Å². The van der Waals surface area contributed by atoms with E-state index >= 15 is 0 Å². The lowest BCUT2D eigenvalue weighted by Gasteiger charge is -2.07. The zero-order chi connectivity index (χ0) is 19.3. The fourth-order valence-electron chi connectivity index (χ4n) is 2.11. The monoisotopic (exact) mass is 357 g/mol. The van der Waals surface area contributed by atoms with Crippen molar-refractivity contribution in [3.8, 4) is 0 Å². The maximum Gasteiger partial charge on any atom is 0.301 e. The van der Waals surface area contributed by atoms with Gasteiger partial charge in [-0.3, -0.25) is 30.4 Å². The van der Waals surface area contributed by atoms with Crippen LogP contribution in [0.25, 0.3) is 0 Å². The van der Waals surface area contributed by atoms with E-state index in [1.165, 1.54) is 13.0 Å². The van der Waals surface area contributed by atoms with Gasteiger partial charge >= 0.3 is 5.69 Å². The van der Waals surface area contributed by atoms with Crippen molar-refractivity contribution in [2.24, 2.45) is 5.10 Å². The smallest absolute Gasteiger partial charge is 0.301 e. The number of benzene rings is 2. The van der Waals surface area contributed by atoms with Crippen LogP contribution in [0.4, 0.5) is 22.7 Å². The number of carbonyl (C=O) groups excluding carboxylic acids is 1. The Morgan fingerprint density at radius 3 is 2.38 bits per heavy atom. The third-order valence-electron chi connectivity index (χ3n) is 3.33. The van der Waals surface area contributed by atoms with Gasteiger partial charge in [-0.25, -0.2) is 0 Å². The zero-order valence-corrected chi connectivity index (χ0v) is 13.9. The number of carbonyl (C=O) groups is 1. The first-order chi connectivity index (χ1) is 12.3. The summed E-state index contributed by atoms with van der Waals surface area (Å²) in [4.78, 5) is 31.5. The number of anilines is 2. The zero-order valence-electron chi connectivity index (χ0n) is 13.9. The Balaban J connectivity index is 2.27. The topological polar surface area (TPSA) is 140 Å². The maximum atomic E-state index is 11.1. The highest BCUT2D eigenvalue weighted by Gasteiger charge is 2.19. The van der Waals surface area contributed by atoms with Gasteiger partial charge < -0.3 is 5.32 Å². The van der Waals surface area contributed by atoms with E-state index in [0.717, 1.165) is 12.1 Å². The van der Waals surface area contributed by atoms with Gasteiger partial charge in [0.05, 0.1) is 21.6 Å². The molecular formula is C16H15N5O5. The second-order valence-electron chi connectivity index (χ2n) is 5.29. The summed E-state index contributed by atoms with van der Waals surface area (Å²) in [6.45, 7) is 3.07. The lowest BCUT2D eigenvalue weighted by atomic mass is 10.1. The van der Waals surface area contributed by atoms with Gasteiger partial charge in [-0.1, -0.05) is 12.1 Å². The van der Waals surface area contributed by atoms with Gasteiger partial charge in [0, 0.05) is 18.7 Å². The van der Waals surface area contributed by atoms with Crippen molar-refractivity contribution in [2.45, 2.75) is 13.8 Å². The minimum Gasteiger partial charge on any atom is -0.326 e. The number of non-ortho nitro benzene ring substituents is 1. The number of amides is 1. The summed E-state index contributed by atoms with van der Waals surface area (Å²) in [6, 6.07) is 10.1. The number of hydrogen-bond acceptors (Lipinski definition) is 7. The Bertz CT molecular complexity index is 910. The fourth-order valence-corrected chi connectivity index (χ4v) is 2.11. The molecule has 134 valence electrons. The van der Waals surface area contributed by atoms with Crippen LogP contribution in [0.5, 0.6) is 0 Å². The third-order valence-corrected chi connectivity index (χ3v) is 3.33. The van der Waals surface area contributed by atoms with Crippen LogP contribution in [0.2, 0.25) is 0 Å². The number of nitrogens with zero attached hydrogens (tertiary/aromatic N) is 3. The Labute approximate surface area is 147 Å². The van der Waals surface area contributed by atoms with Crippen LogP contribution >= 0.6 is 0 Å². The molecule has 2 aromatic carbocycles. The molecule has 0 aliphatic carbocycles. The van der Waals surface area contributed by atoms with Crippen LogP contribution in [-0.2, 0) is 4.79 Å². The first-order valence-electron chi connectivity index (χ1n) is 7.39. The molecule has 2 aromatic rings. The molecule has 0 fully saturated rings. The van der Waals surface area contributed by atoms with Crippen LogP contribution in [0.1, 0.15) is 19.4 Å². The first-order valence-corrected chi connectivity index (χ1v) is 7.39. The normalized spacial score (nSPS) is 10.9. The summed E-state index contributed by atoms with van der Waals surface area (Å²) in [7, 11) is 0. The number of hydrogen-bond donors (Lipinski definition) is 2. The van der Waals surface area contributed by atoms with Crippen LogP contribution in [0.15, 0.2) is 47.6 Å². The van der Waals surface area contributed by atoms with Gasteiger partial charge in [-0.2, -0.15) is 5.10 Å². The highest BCUT2D eigenvalue weighted by atomic mass is 16.6. The van der Waals surface area contributed by atoms with E-state index < -0.39 is 15.5 Å². The molecule has 0 saturated carbocycles. The Morgan fingerprint density at radius 2 is 1.77 bits per heavy atom. The fraction of sp³-hybridized carbons (Fsp3) is 0.125. The maximum absolute atomic E-state index is 11.1. The molecule has 2 N–H and O–H groups in total. The van der Waals surface area contributed by atoms with E-state index in [4.69, 9.17) is 0 Å². The number of nitro groups is 2. The van der Waals surface area contributed by atoms with Gasteiger partial charge in [-0.15, -0.1) is 0 Å². The predicted octanol–water partition coefficient (Wildman–Crippen LogP) is 3.30. The van der Waals surface area contributed by atoms with E-state index in [1.807, 2.05) is 0 Å². The SMILES string of the molecule is CC(=O)Nc1cccc(/C(C)=N/Nc2ccc([N+](=O)[O-])cc2[N+](=O)[O-])c1. The molecule has 0 radical (unpaired) electrons. The summed E-state index contributed by atoms with van der Waals surface area (Å²) < 4.78 is 0. The Kier molecular flexibility index (Phi) is 5.58. The lowest BCUT2D eigenvalue weighted by Crippen LogP contribution is -2.07. The summed E-state index contributed by atoms with van der Waals surface area (Å²) in [5.74, 6) is -0.212. The average Bonchev–Trinajstić information content (AvgIpc) is 2.58. The van der Waals surface area contributed by atoms with Gasteiger partial charge in [0.25, 0.3) is 5.69 Å². The van der Waals surface area contributed by atoms with Crippen molar-refractivity contribution in [3.63, 3.8) is 0 Å². The quantitative estimate of drug-likeness (QED) is 0.462. The Hall–Kier alpha value is -3.82. The first kappa shape index (κ1) is 18.5.